The number of thiophene rings is 1. The van der Waals surface area contributed by atoms with Gasteiger partial charge in [0, 0.05) is 6.04 Å². The Morgan fingerprint density at radius 1 is 1.54 bits per heavy atom. The fraction of sp³-hybridized carbons (Fsp3) is 0.500. The van der Waals surface area contributed by atoms with E-state index in [0.717, 1.165) is 6.07 Å². The molecule has 0 unspecified atom stereocenters. The van der Waals surface area contributed by atoms with Gasteiger partial charge in [0.1, 0.15) is 4.88 Å². The van der Waals surface area contributed by atoms with E-state index in [2.05, 4.69) is 0 Å². The van der Waals surface area contributed by atoms with Gasteiger partial charge in [-0.2, -0.15) is 13.2 Å². The predicted octanol–water partition coefficient (Wildman–Crippen LogP) is 3.18. The van der Waals surface area contributed by atoms with Gasteiger partial charge in [0.15, 0.2) is 0 Å². The van der Waals surface area contributed by atoms with Crippen molar-refractivity contribution in [2.24, 2.45) is 5.73 Å². The van der Waals surface area contributed by atoms with Crippen LogP contribution in [0.1, 0.15) is 29.8 Å². The van der Waals surface area contributed by atoms with E-state index < -0.39 is 11.1 Å². The van der Waals surface area contributed by atoms with Gasteiger partial charge < -0.3 is 5.73 Å². The molecule has 0 aliphatic heterocycles. The summed E-state index contributed by atoms with van der Waals surface area (Å²) < 4.78 is 36.4. The minimum absolute atomic E-state index is 0.285. The van der Waals surface area contributed by atoms with Gasteiger partial charge in [-0.3, -0.25) is 0 Å². The lowest BCUT2D eigenvalue weighted by Gasteiger charge is -2.05. The van der Waals surface area contributed by atoms with Crippen LogP contribution in [0.2, 0.25) is 0 Å². The molecular weight excluding hydrogens is 199 g/mol. The first-order valence-corrected chi connectivity index (χ1v) is 4.74. The molecule has 1 aromatic heterocycles. The maximum atomic E-state index is 12.1. The molecule has 0 radical (unpaired) electrons. The number of hydrogen-bond donors (Lipinski definition) is 1. The van der Waals surface area contributed by atoms with Crippen molar-refractivity contribution >= 4 is 11.3 Å². The van der Waals surface area contributed by atoms with Crippen molar-refractivity contribution in [3.8, 4) is 0 Å². The van der Waals surface area contributed by atoms with E-state index in [1.165, 1.54) is 5.38 Å². The van der Waals surface area contributed by atoms with Crippen LogP contribution in [0.25, 0.3) is 0 Å². The topological polar surface area (TPSA) is 26.0 Å². The molecule has 1 nitrogen and oxygen atoms in total. The van der Waals surface area contributed by atoms with Crippen LogP contribution in [0.15, 0.2) is 11.4 Å². The smallest absolute Gasteiger partial charge is 0.324 e. The van der Waals surface area contributed by atoms with Crippen molar-refractivity contribution < 1.29 is 13.2 Å². The van der Waals surface area contributed by atoms with Crippen LogP contribution >= 0.6 is 11.3 Å². The Morgan fingerprint density at radius 2 is 2.15 bits per heavy atom. The molecule has 13 heavy (non-hydrogen) atoms. The standard InChI is InChI=1S/C8H10F3NS/c1-2-6(12)5-3-7(13-4-5)8(9,10)11/h3-4,6H,2,12H2,1H3/t6-/m0/s1. The summed E-state index contributed by atoms with van der Waals surface area (Å²) in [4.78, 5) is -0.577. The highest BCUT2D eigenvalue weighted by molar-refractivity contribution is 7.10. The molecule has 0 fully saturated rings. The molecule has 0 saturated heterocycles. The van der Waals surface area contributed by atoms with Crippen molar-refractivity contribution in [2.75, 3.05) is 0 Å². The summed E-state index contributed by atoms with van der Waals surface area (Å²) in [6, 6.07) is 0.839. The zero-order chi connectivity index (χ0) is 10.1. The van der Waals surface area contributed by atoms with Gasteiger partial charge in [-0.1, -0.05) is 6.92 Å². The number of alkyl halides is 3. The molecule has 0 amide bonds. The Balaban J connectivity index is 2.87. The highest BCUT2D eigenvalue weighted by Gasteiger charge is 2.32. The molecule has 74 valence electrons. The first kappa shape index (κ1) is 10.5. The van der Waals surface area contributed by atoms with E-state index in [0.29, 0.717) is 23.3 Å². The molecule has 5 heteroatoms. The Hall–Kier alpha value is -0.550. The lowest BCUT2D eigenvalue weighted by molar-refractivity contribution is -0.134. The lowest BCUT2D eigenvalue weighted by Crippen LogP contribution is -2.07. The molecule has 0 spiro atoms. The molecule has 2 N–H and O–H groups in total. The van der Waals surface area contributed by atoms with E-state index in [-0.39, 0.29) is 6.04 Å². The zero-order valence-electron chi connectivity index (χ0n) is 7.06. The fourth-order valence-electron chi connectivity index (χ4n) is 0.930. The van der Waals surface area contributed by atoms with E-state index in [1.807, 2.05) is 6.92 Å². The van der Waals surface area contributed by atoms with Crippen LogP contribution < -0.4 is 5.73 Å². The summed E-state index contributed by atoms with van der Waals surface area (Å²) in [7, 11) is 0. The van der Waals surface area contributed by atoms with Crippen molar-refractivity contribution in [3.05, 3.63) is 21.9 Å². The highest BCUT2D eigenvalue weighted by atomic mass is 32.1. The highest BCUT2D eigenvalue weighted by Crippen LogP contribution is 2.35. The number of rotatable bonds is 2. The SMILES string of the molecule is CC[C@H](N)c1csc(C(F)(F)F)c1. The minimum Gasteiger partial charge on any atom is -0.324 e. The normalized spacial score (nSPS) is 14.5. The molecule has 0 bridgehead atoms. The van der Waals surface area contributed by atoms with Gasteiger partial charge >= 0.3 is 6.18 Å². The Kier molecular flexibility index (Phi) is 2.98. The third-order valence-corrected chi connectivity index (χ3v) is 2.76. The number of halogens is 3. The first-order valence-electron chi connectivity index (χ1n) is 3.86. The van der Waals surface area contributed by atoms with E-state index in [1.54, 1.807) is 0 Å². The largest absolute Gasteiger partial charge is 0.425 e. The summed E-state index contributed by atoms with van der Waals surface area (Å²) >= 11 is 0.695. The third kappa shape index (κ3) is 2.45. The third-order valence-electron chi connectivity index (χ3n) is 1.77. The molecule has 1 rings (SSSR count). The Bertz CT molecular complexity index is 279. The van der Waals surface area contributed by atoms with E-state index in [4.69, 9.17) is 5.73 Å². The van der Waals surface area contributed by atoms with Crippen LogP contribution in [0.5, 0.6) is 0 Å². The predicted molar refractivity (Wildman–Crippen MR) is 46.5 cm³/mol. The average Bonchev–Trinajstić information content (AvgIpc) is 2.50. The molecule has 1 aromatic rings. The first-order chi connectivity index (χ1) is 5.95. The van der Waals surface area contributed by atoms with Crippen LogP contribution in [0.4, 0.5) is 13.2 Å². The average molecular weight is 209 g/mol. The maximum Gasteiger partial charge on any atom is 0.425 e. The number of hydrogen-bond acceptors (Lipinski definition) is 2. The molecule has 0 aliphatic rings. The fourth-order valence-corrected chi connectivity index (χ4v) is 1.77. The molecule has 0 aromatic carbocycles. The van der Waals surface area contributed by atoms with Crippen LogP contribution in [-0.2, 0) is 6.18 Å². The second-order valence-electron chi connectivity index (χ2n) is 2.76. The van der Waals surface area contributed by atoms with E-state index >= 15 is 0 Å². The second kappa shape index (κ2) is 3.67. The summed E-state index contributed by atoms with van der Waals surface area (Å²) in [6.07, 6.45) is -3.59. The maximum absolute atomic E-state index is 12.1. The summed E-state index contributed by atoms with van der Waals surface area (Å²) in [6.45, 7) is 1.84. The summed E-state index contributed by atoms with van der Waals surface area (Å²) in [5.41, 5.74) is 6.16. The summed E-state index contributed by atoms with van der Waals surface area (Å²) in [5.74, 6) is 0. The quantitative estimate of drug-likeness (QED) is 0.795. The Morgan fingerprint density at radius 3 is 2.54 bits per heavy atom. The van der Waals surface area contributed by atoms with Crippen LogP contribution in [0.3, 0.4) is 0 Å². The van der Waals surface area contributed by atoms with Gasteiger partial charge in [0.25, 0.3) is 0 Å². The van der Waals surface area contributed by atoms with E-state index in [9.17, 15) is 13.2 Å². The second-order valence-corrected chi connectivity index (χ2v) is 3.67. The van der Waals surface area contributed by atoms with Gasteiger partial charge in [-0.15, -0.1) is 11.3 Å². The zero-order valence-corrected chi connectivity index (χ0v) is 7.88. The van der Waals surface area contributed by atoms with Gasteiger partial charge in [-0.25, -0.2) is 0 Å². The monoisotopic (exact) mass is 209 g/mol. The molecule has 1 heterocycles. The van der Waals surface area contributed by atoms with Crippen LogP contribution in [0, 0.1) is 0 Å². The van der Waals surface area contributed by atoms with Gasteiger partial charge in [0.05, 0.1) is 0 Å². The van der Waals surface area contributed by atoms with Crippen molar-refractivity contribution in [1.82, 2.24) is 0 Å². The van der Waals surface area contributed by atoms with Crippen molar-refractivity contribution in [1.29, 1.82) is 0 Å². The Labute approximate surface area is 78.4 Å². The molecule has 0 saturated carbocycles. The lowest BCUT2D eigenvalue weighted by atomic mass is 10.1. The molecular formula is C8H10F3NS. The molecule has 1 atom stereocenters. The van der Waals surface area contributed by atoms with Crippen molar-refractivity contribution in [3.63, 3.8) is 0 Å². The minimum atomic E-state index is -4.24. The van der Waals surface area contributed by atoms with Crippen molar-refractivity contribution in [2.45, 2.75) is 25.6 Å². The van der Waals surface area contributed by atoms with Gasteiger partial charge in [0.2, 0.25) is 0 Å². The molecule has 0 aliphatic carbocycles. The van der Waals surface area contributed by atoms with Gasteiger partial charge in [-0.05, 0) is 23.4 Å². The summed E-state index contributed by atoms with van der Waals surface area (Å²) in [5, 5.41) is 1.47. The van der Waals surface area contributed by atoms with Crippen LogP contribution in [-0.4, -0.2) is 0 Å². The number of nitrogens with two attached hydrogens (primary N) is 1.